The maximum atomic E-state index is 13.3. The summed E-state index contributed by atoms with van der Waals surface area (Å²) in [6.45, 7) is 5.90. The second-order valence-corrected chi connectivity index (χ2v) is 9.02. The highest BCUT2D eigenvalue weighted by atomic mass is 16.2. The second kappa shape index (κ2) is 9.66. The van der Waals surface area contributed by atoms with E-state index in [1.54, 1.807) is 10.7 Å². The maximum Gasteiger partial charge on any atom is 0.252 e. The molecule has 5 aromatic rings. The molecule has 2 aromatic heterocycles. The number of pyridine rings is 1. The van der Waals surface area contributed by atoms with Crippen LogP contribution in [0.1, 0.15) is 23.6 Å². The number of rotatable bonds is 6. The first-order valence-corrected chi connectivity index (χ1v) is 12.1. The van der Waals surface area contributed by atoms with E-state index in [-0.39, 0.29) is 18.0 Å². The van der Waals surface area contributed by atoms with E-state index in [4.69, 9.17) is 5.10 Å². The van der Waals surface area contributed by atoms with Gasteiger partial charge < -0.3 is 5.32 Å². The van der Waals surface area contributed by atoms with Gasteiger partial charge in [-0.2, -0.15) is 5.10 Å². The normalized spacial score (nSPS) is 11.1. The highest BCUT2D eigenvalue weighted by Gasteiger charge is 2.21. The first kappa shape index (κ1) is 23.3. The van der Waals surface area contributed by atoms with Crippen LogP contribution in [0.5, 0.6) is 0 Å². The summed E-state index contributed by atoms with van der Waals surface area (Å²) in [5, 5.41) is 8.77. The quantitative estimate of drug-likeness (QED) is 0.343. The summed E-state index contributed by atoms with van der Waals surface area (Å²) < 4.78 is 3.28. The molecule has 0 atom stereocenters. The predicted octanol–water partition coefficient (Wildman–Crippen LogP) is 5.67. The lowest BCUT2D eigenvalue weighted by Crippen LogP contribution is -2.29. The molecule has 0 aliphatic heterocycles. The van der Waals surface area contributed by atoms with E-state index in [2.05, 4.69) is 18.3 Å². The molecule has 3 aromatic carbocycles. The van der Waals surface area contributed by atoms with Gasteiger partial charge in [0.25, 0.3) is 5.56 Å². The third-order valence-corrected chi connectivity index (χ3v) is 6.33. The van der Waals surface area contributed by atoms with Crippen molar-refractivity contribution in [3.05, 3.63) is 112 Å². The summed E-state index contributed by atoms with van der Waals surface area (Å²) >= 11 is 0. The third-order valence-electron chi connectivity index (χ3n) is 6.33. The third kappa shape index (κ3) is 4.45. The van der Waals surface area contributed by atoms with Crippen molar-refractivity contribution in [1.29, 1.82) is 0 Å². The van der Waals surface area contributed by atoms with Crippen molar-refractivity contribution in [3.8, 4) is 16.9 Å². The van der Waals surface area contributed by atoms with Gasteiger partial charge in [-0.15, -0.1) is 0 Å². The smallest absolute Gasteiger partial charge is 0.252 e. The van der Waals surface area contributed by atoms with Gasteiger partial charge in [0.05, 0.1) is 5.69 Å². The summed E-state index contributed by atoms with van der Waals surface area (Å²) in [6, 6.07) is 27.2. The van der Waals surface area contributed by atoms with Crippen molar-refractivity contribution in [1.82, 2.24) is 14.3 Å². The summed E-state index contributed by atoms with van der Waals surface area (Å²) in [4.78, 5) is 26.4. The molecule has 6 heteroatoms. The van der Waals surface area contributed by atoms with Crippen molar-refractivity contribution < 1.29 is 4.79 Å². The number of nitrogens with one attached hydrogen (secondary N) is 1. The molecular weight excluding hydrogens is 448 g/mol. The Morgan fingerprint density at radius 1 is 0.917 bits per heavy atom. The lowest BCUT2D eigenvalue weighted by molar-refractivity contribution is -0.116. The fourth-order valence-electron chi connectivity index (χ4n) is 4.57. The standard InChI is InChI=1S/C30H28N4O2/c1-4-22-11-9-13-24(18-22)31-26(35)19-33-27(36)17-21(3)28-29(23-12-8-10-20(2)16-23)32-34(30(28)33)25-14-6-5-7-15-25/h5-18H,4,19H2,1-3H3,(H,31,35). The number of carbonyl (C=O) groups excluding carboxylic acids is 1. The van der Waals surface area contributed by atoms with E-state index in [1.165, 1.54) is 4.57 Å². The number of nitrogens with zero attached hydrogens (tertiary/aromatic N) is 3. The Labute approximate surface area is 209 Å². The summed E-state index contributed by atoms with van der Waals surface area (Å²) in [5.74, 6) is -0.270. The van der Waals surface area contributed by atoms with Gasteiger partial charge in [-0.05, 0) is 61.7 Å². The van der Waals surface area contributed by atoms with Gasteiger partial charge >= 0.3 is 0 Å². The number of amides is 1. The number of aromatic nitrogens is 3. The van der Waals surface area contributed by atoms with Gasteiger partial charge in [-0.1, -0.05) is 61.0 Å². The van der Waals surface area contributed by atoms with Gasteiger partial charge in [0, 0.05) is 22.7 Å². The molecule has 1 N–H and O–H groups in total. The minimum Gasteiger partial charge on any atom is -0.325 e. The highest BCUT2D eigenvalue weighted by Crippen LogP contribution is 2.32. The van der Waals surface area contributed by atoms with Crippen molar-refractivity contribution in [3.63, 3.8) is 0 Å². The van der Waals surface area contributed by atoms with Crippen LogP contribution in [0, 0.1) is 13.8 Å². The molecule has 2 heterocycles. The van der Waals surface area contributed by atoms with E-state index >= 15 is 0 Å². The van der Waals surface area contributed by atoms with E-state index in [0.717, 1.165) is 45.4 Å². The van der Waals surface area contributed by atoms with Crippen LogP contribution in [0.2, 0.25) is 0 Å². The Balaban J connectivity index is 1.68. The minimum atomic E-state index is -0.270. The topological polar surface area (TPSA) is 68.9 Å². The fourth-order valence-corrected chi connectivity index (χ4v) is 4.57. The van der Waals surface area contributed by atoms with Gasteiger partial charge in [0.2, 0.25) is 5.91 Å². The summed E-state index contributed by atoms with van der Waals surface area (Å²) in [5.41, 5.74) is 6.70. The zero-order valence-electron chi connectivity index (χ0n) is 20.7. The number of hydrogen-bond donors (Lipinski definition) is 1. The number of para-hydroxylation sites is 1. The Hall–Kier alpha value is -4.45. The molecule has 0 radical (unpaired) electrons. The number of hydrogen-bond acceptors (Lipinski definition) is 3. The molecule has 0 aliphatic carbocycles. The summed E-state index contributed by atoms with van der Waals surface area (Å²) in [6.07, 6.45) is 0.875. The van der Waals surface area contributed by atoms with Gasteiger partial charge in [-0.3, -0.25) is 14.2 Å². The maximum absolute atomic E-state index is 13.3. The fraction of sp³-hybridized carbons (Fsp3) is 0.167. The van der Waals surface area contributed by atoms with Crippen LogP contribution in [-0.2, 0) is 17.8 Å². The molecule has 6 nitrogen and oxygen atoms in total. The van der Waals surface area contributed by atoms with Crippen molar-refractivity contribution in [2.24, 2.45) is 0 Å². The van der Waals surface area contributed by atoms with Gasteiger partial charge in [-0.25, -0.2) is 4.68 Å². The molecular formula is C30H28N4O2. The van der Waals surface area contributed by atoms with E-state index in [0.29, 0.717) is 11.3 Å². The van der Waals surface area contributed by atoms with E-state index in [1.807, 2.05) is 86.6 Å². The van der Waals surface area contributed by atoms with Crippen LogP contribution < -0.4 is 10.9 Å². The molecule has 0 saturated heterocycles. The number of aryl methyl sites for hydroxylation is 3. The van der Waals surface area contributed by atoms with Crippen LogP contribution in [0.4, 0.5) is 5.69 Å². The average Bonchev–Trinajstić information content (AvgIpc) is 3.28. The molecule has 5 rings (SSSR count). The Morgan fingerprint density at radius 2 is 1.69 bits per heavy atom. The number of carbonyl (C=O) groups is 1. The van der Waals surface area contributed by atoms with Gasteiger partial charge in [0.1, 0.15) is 17.9 Å². The van der Waals surface area contributed by atoms with Crippen LogP contribution in [-0.4, -0.2) is 20.3 Å². The minimum absolute atomic E-state index is 0.127. The van der Waals surface area contributed by atoms with Crippen molar-refractivity contribution in [2.75, 3.05) is 5.32 Å². The monoisotopic (exact) mass is 476 g/mol. The first-order valence-electron chi connectivity index (χ1n) is 12.1. The molecule has 0 unspecified atom stereocenters. The molecule has 0 saturated carbocycles. The summed E-state index contributed by atoms with van der Waals surface area (Å²) in [7, 11) is 0. The van der Waals surface area contributed by atoms with Crippen LogP contribution in [0.3, 0.4) is 0 Å². The lowest BCUT2D eigenvalue weighted by atomic mass is 10.0. The van der Waals surface area contributed by atoms with Crippen LogP contribution >= 0.6 is 0 Å². The zero-order valence-corrected chi connectivity index (χ0v) is 20.7. The molecule has 0 fully saturated rings. The largest absolute Gasteiger partial charge is 0.325 e. The highest BCUT2D eigenvalue weighted by molar-refractivity contribution is 5.96. The lowest BCUT2D eigenvalue weighted by Gasteiger charge is -2.13. The number of anilines is 1. The Bertz CT molecular complexity index is 1630. The van der Waals surface area contributed by atoms with Gasteiger partial charge in [0.15, 0.2) is 0 Å². The number of benzene rings is 3. The molecule has 1 amide bonds. The molecule has 0 bridgehead atoms. The van der Waals surface area contributed by atoms with Crippen LogP contribution in [0.15, 0.2) is 89.7 Å². The zero-order chi connectivity index (χ0) is 25.2. The van der Waals surface area contributed by atoms with Crippen LogP contribution in [0.25, 0.3) is 28.0 Å². The first-order chi connectivity index (χ1) is 17.4. The molecule has 0 aliphatic rings. The number of fused-ring (bicyclic) bond motifs is 1. The Kier molecular flexibility index (Phi) is 6.25. The average molecular weight is 477 g/mol. The molecule has 0 spiro atoms. The SMILES string of the molecule is CCc1cccc(NC(=O)Cn2c(=O)cc(C)c3c(-c4cccc(C)c4)nn(-c4ccccc4)c32)c1. The van der Waals surface area contributed by atoms with E-state index in [9.17, 15) is 9.59 Å². The van der Waals surface area contributed by atoms with Crippen molar-refractivity contribution >= 4 is 22.6 Å². The predicted molar refractivity (Wildman–Crippen MR) is 145 cm³/mol. The molecule has 36 heavy (non-hydrogen) atoms. The Morgan fingerprint density at radius 3 is 2.44 bits per heavy atom. The van der Waals surface area contributed by atoms with E-state index < -0.39 is 0 Å². The molecule has 180 valence electrons. The van der Waals surface area contributed by atoms with Crippen molar-refractivity contribution in [2.45, 2.75) is 33.7 Å². The second-order valence-electron chi connectivity index (χ2n) is 9.02.